The van der Waals surface area contributed by atoms with Gasteiger partial charge in [-0.05, 0) is 0 Å². The standard InChI is InChI=1S/C4H10.2H2O.Pb.2H/c1-3-4-2;;;;;/h3-4H2,1-2H3;2*1H2;;;. The fourth-order valence-electron chi connectivity index (χ4n) is 0. The van der Waals surface area contributed by atoms with Gasteiger partial charge in [0.2, 0.25) is 0 Å². The average Bonchev–Trinajstić information content (AvgIpc) is 1.37. The second kappa shape index (κ2) is 28.9. The van der Waals surface area contributed by atoms with Crippen LogP contribution in [0.1, 0.15) is 26.7 Å². The Morgan fingerprint density at radius 1 is 0.857 bits per heavy atom. The van der Waals surface area contributed by atoms with E-state index in [1.165, 1.54) is 12.8 Å². The molecule has 0 aromatic heterocycles. The van der Waals surface area contributed by atoms with Gasteiger partial charge in [0.05, 0.1) is 0 Å². The molecule has 0 aromatic carbocycles. The SMILES string of the molecule is CCCC.O.O.[PbH2]. The van der Waals surface area contributed by atoms with Crippen LogP contribution in [0.25, 0.3) is 0 Å². The summed E-state index contributed by atoms with van der Waals surface area (Å²) in [5, 5.41) is 0. The molecule has 3 heteroatoms. The van der Waals surface area contributed by atoms with Gasteiger partial charge in [0.15, 0.2) is 0 Å². The van der Waals surface area contributed by atoms with Crippen LogP contribution >= 0.6 is 0 Å². The number of hydrogen-bond donors (Lipinski definition) is 0. The number of unbranched alkanes of at least 4 members (excludes halogenated alkanes) is 1. The summed E-state index contributed by atoms with van der Waals surface area (Å²) in [7, 11) is 0. The first-order valence-corrected chi connectivity index (χ1v) is 1.91. The van der Waals surface area contributed by atoms with Gasteiger partial charge in [-0.15, -0.1) is 0 Å². The van der Waals surface area contributed by atoms with E-state index in [1.807, 2.05) is 0 Å². The van der Waals surface area contributed by atoms with Gasteiger partial charge in [-0.3, -0.25) is 0 Å². The third kappa shape index (κ3) is 47.3. The van der Waals surface area contributed by atoms with Crippen LogP contribution < -0.4 is 0 Å². The molecular weight excluding hydrogens is 287 g/mol. The molecule has 0 aromatic rings. The second-order valence-electron chi connectivity index (χ2n) is 1.000. The average molecular weight is 303 g/mol. The summed E-state index contributed by atoms with van der Waals surface area (Å²) in [6.45, 7) is 4.36. The van der Waals surface area contributed by atoms with E-state index in [4.69, 9.17) is 0 Å². The zero-order valence-corrected chi connectivity index (χ0v) is 10.6. The molecule has 48 valence electrons. The van der Waals surface area contributed by atoms with Crippen molar-refractivity contribution in [1.29, 1.82) is 0 Å². The van der Waals surface area contributed by atoms with Crippen LogP contribution in [0.3, 0.4) is 0 Å². The molecule has 0 spiro atoms. The van der Waals surface area contributed by atoms with Crippen molar-refractivity contribution in [2.24, 2.45) is 0 Å². The Morgan fingerprint density at radius 3 is 1.00 bits per heavy atom. The van der Waals surface area contributed by atoms with Crippen LogP contribution in [0.15, 0.2) is 0 Å². The van der Waals surface area contributed by atoms with Crippen molar-refractivity contribution in [2.75, 3.05) is 0 Å². The molecule has 0 bridgehead atoms. The summed E-state index contributed by atoms with van der Waals surface area (Å²) in [6, 6.07) is 0. The maximum atomic E-state index is 2.18. The Kier molecular flexibility index (Phi) is 103. The van der Waals surface area contributed by atoms with Crippen LogP contribution in [0.5, 0.6) is 0 Å². The first kappa shape index (κ1) is 24.9. The van der Waals surface area contributed by atoms with Gasteiger partial charge in [-0.25, -0.2) is 0 Å². The van der Waals surface area contributed by atoms with Crippen molar-refractivity contribution in [3.05, 3.63) is 0 Å². The summed E-state index contributed by atoms with van der Waals surface area (Å²) >= 11 is 0. The van der Waals surface area contributed by atoms with Crippen LogP contribution in [0.4, 0.5) is 0 Å². The van der Waals surface area contributed by atoms with Crippen LogP contribution in [0.2, 0.25) is 0 Å². The van der Waals surface area contributed by atoms with E-state index in [1.54, 1.807) is 0 Å². The fraction of sp³-hybridized carbons (Fsp3) is 1.00. The monoisotopic (exact) mass is 304 g/mol. The summed E-state index contributed by atoms with van der Waals surface area (Å²) in [4.78, 5) is 0. The number of rotatable bonds is 1. The molecule has 0 saturated carbocycles. The molecule has 0 rings (SSSR count). The molecule has 0 heterocycles. The third-order valence-electron chi connectivity index (χ3n) is 0.500. The van der Waals surface area contributed by atoms with Crippen molar-refractivity contribution in [3.8, 4) is 0 Å². The van der Waals surface area contributed by atoms with Crippen molar-refractivity contribution in [1.82, 2.24) is 0 Å². The molecule has 4 N–H and O–H groups in total. The van der Waals surface area contributed by atoms with Crippen molar-refractivity contribution in [2.45, 2.75) is 26.7 Å². The van der Waals surface area contributed by atoms with Gasteiger partial charge >= 0.3 is 27.3 Å². The van der Waals surface area contributed by atoms with Crippen LogP contribution in [-0.4, -0.2) is 38.3 Å². The first-order chi connectivity index (χ1) is 1.91. The summed E-state index contributed by atoms with van der Waals surface area (Å²) in [5.41, 5.74) is 0. The van der Waals surface area contributed by atoms with E-state index < -0.39 is 0 Å². The van der Waals surface area contributed by atoms with Gasteiger partial charge in [-0.2, -0.15) is 0 Å². The predicted molar refractivity (Wildman–Crippen MR) is 36.4 cm³/mol. The van der Waals surface area contributed by atoms with Gasteiger partial charge in [0.25, 0.3) is 0 Å². The third-order valence-corrected chi connectivity index (χ3v) is 0.500. The Morgan fingerprint density at radius 2 is 1.00 bits per heavy atom. The maximum absolute atomic E-state index is 2.18. The minimum absolute atomic E-state index is 0. The summed E-state index contributed by atoms with van der Waals surface area (Å²) in [5.74, 6) is 0. The van der Waals surface area contributed by atoms with E-state index in [0.717, 1.165) is 0 Å². The second-order valence-corrected chi connectivity index (χ2v) is 1.000. The quantitative estimate of drug-likeness (QED) is 0.572. The summed E-state index contributed by atoms with van der Waals surface area (Å²) in [6.07, 6.45) is 2.64. The molecule has 0 aliphatic carbocycles. The molecule has 7 heavy (non-hydrogen) atoms. The van der Waals surface area contributed by atoms with Crippen LogP contribution in [-0.2, 0) is 0 Å². The number of hydrogen-bond acceptors (Lipinski definition) is 0. The molecule has 0 aliphatic rings. The molecule has 2 nitrogen and oxygen atoms in total. The molecule has 0 aliphatic heterocycles. The Labute approximate surface area is 65.1 Å². The van der Waals surface area contributed by atoms with Gasteiger partial charge in [0, 0.05) is 0 Å². The summed E-state index contributed by atoms with van der Waals surface area (Å²) < 4.78 is 0. The molecule has 0 unspecified atom stereocenters. The van der Waals surface area contributed by atoms with E-state index in [0.29, 0.717) is 0 Å². The normalized spacial score (nSPS) is 4.29. The van der Waals surface area contributed by atoms with Crippen molar-refractivity contribution in [3.63, 3.8) is 0 Å². The Bertz CT molecular complexity index is 11.7. The van der Waals surface area contributed by atoms with Crippen LogP contribution in [0, 0.1) is 0 Å². The molecular formula is C4H16O2Pb. The van der Waals surface area contributed by atoms with Gasteiger partial charge < -0.3 is 11.0 Å². The minimum atomic E-state index is 0. The van der Waals surface area contributed by atoms with E-state index in [9.17, 15) is 0 Å². The topological polar surface area (TPSA) is 63.0 Å². The molecule has 0 fully saturated rings. The predicted octanol–water partition coefficient (Wildman–Crippen LogP) is -0.759. The molecule has 0 amide bonds. The van der Waals surface area contributed by atoms with E-state index >= 15 is 0 Å². The molecule has 0 atom stereocenters. The van der Waals surface area contributed by atoms with E-state index in [-0.39, 0.29) is 38.3 Å². The fourth-order valence-corrected chi connectivity index (χ4v) is 0. The zero-order chi connectivity index (χ0) is 3.41. The Hall–Kier alpha value is 0.842. The van der Waals surface area contributed by atoms with Gasteiger partial charge in [-0.1, -0.05) is 26.7 Å². The Balaban J connectivity index is -0.0000000150. The van der Waals surface area contributed by atoms with E-state index in [2.05, 4.69) is 13.8 Å². The first-order valence-electron chi connectivity index (χ1n) is 1.91. The zero-order valence-electron chi connectivity index (χ0n) is 5.12. The van der Waals surface area contributed by atoms with Crippen molar-refractivity contribution >= 4 is 27.3 Å². The molecule has 2 radical (unpaired) electrons. The molecule has 0 saturated heterocycles. The van der Waals surface area contributed by atoms with Crippen molar-refractivity contribution < 1.29 is 11.0 Å². The van der Waals surface area contributed by atoms with Gasteiger partial charge in [0.1, 0.15) is 0 Å².